The second kappa shape index (κ2) is 6.74. The van der Waals surface area contributed by atoms with Crippen molar-refractivity contribution in [3.8, 4) is 0 Å². The van der Waals surface area contributed by atoms with E-state index < -0.39 is 11.9 Å². The maximum absolute atomic E-state index is 12.1. The molecule has 96 valence electrons. The second-order valence-corrected chi connectivity index (χ2v) is 4.26. The smallest absolute Gasteiger partial charge is 0.317 e. The van der Waals surface area contributed by atoms with E-state index in [1.54, 1.807) is 38.1 Å². The Hall–Kier alpha value is -1.90. The molecule has 0 fully saturated rings. The Morgan fingerprint density at radius 2 is 1.89 bits per heavy atom. The van der Waals surface area contributed by atoms with Gasteiger partial charge in [0.15, 0.2) is 5.78 Å². The van der Waals surface area contributed by atoms with Crippen molar-refractivity contribution in [3.63, 3.8) is 0 Å². The highest BCUT2D eigenvalue weighted by Crippen LogP contribution is 2.14. The number of benzene rings is 1. The molecule has 0 saturated carbocycles. The van der Waals surface area contributed by atoms with Gasteiger partial charge in [-0.1, -0.05) is 43.8 Å². The van der Waals surface area contributed by atoms with Crippen LogP contribution in [0.5, 0.6) is 0 Å². The molecule has 0 bridgehead atoms. The first-order valence-electron chi connectivity index (χ1n) is 5.96. The monoisotopic (exact) mass is 246 g/mol. The normalized spacial score (nSPS) is 11.7. The topological polar surface area (TPSA) is 43.4 Å². The highest BCUT2D eigenvalue weighted by atomic mass is 16.5. The molecule has 0 aliphatic carbocycles. The third-order valence-electron chi connectivity index (χ3n) is 2.53. The van der Waals surface area contributed by atoms with E-state index >= 15 is 0 Å². The maximum Gasteiger partial charge on any atom is 0.317 e. The van der Waals surface area contributed by atoms with E-state index in [9.17, 15) is 9.59 Å². The molecule has 0 saturated heterocycles. The van der Waals surface area contributed by atoms with Crippen molar-refractivity contribution in [2.45, 2.75) is 20.3 Å². The average molecular weight is 246 g/mol. The second-order valence-electron chi connectivity index (χ2n) is 4.26. The van der Waals surface area contributed by atoms with Crippen molar-refractivity contribution in [2.24, 2.45) is 5.92 Å². The van der Waals surface area contributed by atoms with Crippen LogP contribution >= 0.6 is 0 Å². The summed E-state index contributed by atoms with van der Waals surface area (Å²) in [6, 6.07) is 8.80. The van der Waals surface area contributed by atoms with Gasteiger partial charge in [0.25, 0.3) is 0 Å². The lowest BCUT2D eigenvalue weighted by Gasteiger charge is -2.13. The largest absolute Gasteiger partial charge is 0.461 e. The molecule has 0 aliphatic rings. The number of rotatable bonds is 6. The van der Waals surface area contributed by atoms with Crippen LogP contribution in [0.4, 0.5) is 0 Å². The quantitative estimate of drug-likeness (QED) is 0.335. The number of esters is 1. The fourth-order valence-electron chi connectivity index (χ4n) is 1.56. The first-order valence-corrected chi connectivity index (χ1v) is 5.96. The average Bonchev–Trinajstić information content (AvgIpc) is 2.38. The molecule has 0 heterocycles. The summed E-state index contributed by atoms with van der Waals surface area (Å²) in [6.07, 6.45) is 0.433. The van der Waals surface area contributed by atoms with E-state index in [1.807, 2.05) is 6.07 Å². The molecule has 1 atom stereocenters. The number of carbonyl (C=O) groups excluding carboxylic acids is 2. The van der Waals surface area contributed by atoms with Crippen molar-refractivity contribution < 1.29 is 14.3 Å². The summed E-state index contributed by atoms with van der Waals surface area (Å²) in [6.45, 7) is 7.39. The molecule has 1 rings (SSSR count). The van der Waals surface area contributed by atoms with Gasteiger partial charge in [-0.3, -0.25) is 9.59 Å². The molecular formula is C15H18O3. The molecule has 0 N–H and O–H groups in total. The summed E-state index contributed by atoms with van der Waals surface area (Å²) in [4.78, 5) is 23.9. The van der Waals surface area contributed by atoms with Crippen molar-refractivity contribution >= 4 is 11.8 Å². The van der Waals surface area contributed by atoms with Gasteiger partial charge in [-0.05, 0) is 18.9 Å². The maximum atomic E-state index is 12.1. The fraction of sp³-hybridized carbons (Fsp3) is 0.333. The van der Waals surface area contributed by atoms with Gasteiger partial charge in [-0.15, -0.1) is 0 Å². The Labute approximate surface area is 107 Å². The number of hydrogen-bond acceptors (Lipinski definition) is 3. The van der Waals surface area contributed by atoms with Gasteiger partial charge < -0.3 is 4.74 Å². The zero-order valence-electron chi connectivity index (χ0n) is 10.8. The molecule has 18 heavy (non-hydrogen) atoms. The lowest BCUT2D eigenvalue weighted by molar-refractivity contribution is -0.145. The predicted molar refractivity (Wildman–Crippen MR) is 70.3 cm³/mol. The van der Waals surface area contributed by atoms with Gasteiger partial charge in [0, 0.05) is 5.56 Å². The predicted octanol–water partition coefficient (Wildman–Crippen LogP) is 3.01. The Morgan fingerprint density at radius 1 is 1.28 bits per heavy atom. The highest BCUT2D eigenvalue weighted by molar-refractivity contribution is 6.08. The van der Waals surface area contributed by atoms with Crippen molar-refractivity contribution in [3.05, 3.63) is 48.0 Å². The SMILES string of the molecule is C=C(C)COC(=O)C(CC)C(=O)c1ccccc1. The minimum atomic E-state index is -0.730. The van der Waals surface area contributed by atoms with E-state index in [4.69, 9.17) is 4.74 Å². The van der Waals surface area contributed by atoms with E-state index in [2.05, 4.69) is 6.58 Å². The number of ether oxygens (including phenoxy) is 1. The van der Waals surface area contributed by atoms with Gasteiger partial charge in [0.1, 0.15) is 12.5 Å². The Balaban J connectivity index is 2.74. The third-order valence-corrected chi connectivity index (χ3v) is 2.53. The molecule has 3 heteroatoms. The summed E-state index contributed by atoms with van der Waals surface area (Å²) in [5.41, 5.74) is 1.29. The standard InChI is InChI=1S/C15H18O3/c1-4-13(15(17)18-10-11(2)3)14(16)12-8-6-5-7-9-12/h5-9,13H,2,4,10H2,1,3H3. The van der Waals surface area contributed by atoms with E-state index in [0.717, 1.165) is 5.57 Å². The van der Waals surface area contributed by atoms with Crippen molar-refractivity contribution in [2.75, 3.05) is 6.61 Å². The number of hydrogen-bond donors (Lipinski definition) is 0. The van der Waals surface area contributed by atoms with E-state index in [0.29, 0.717) is 12.0 Å². The van der Waals surface area contributed by atoms with Crippen LogP contribution < -0.4 is 0 Å². The molecule has 0 amide bonds. The number of carbonyl (C=O) groups is 2. The number of Topliss-reactive ketones (excluding diaryl/α,β-unsaturated/α-hetero) is 1. The van der Waals surface area contributed by atoms with Crippen LogP contribution in [0.3, 0.4) is 0 Å². The third kappa shape index (κ3) is 3.84. The van der Waals surface area contributed by atoms with Crippen LogP contribution in [-0.2, 0) is 9.53 Å². The summed E-state index contributed by atoms with van der Waals surface area (Å²) in [5.74, 6) is -1.40. The van der Waals surface area contributed by atoms with Crippen molar-refractivity contribution in [1.82, 2.24) is 0 Å². The fourth-order valence-corrected chi connectivity index (χ4v) is 1.56. The van der Waals surface area contributed by atoms with Gasteiger partial charge >= 0.3 is 5.97 Å². The molecule has 3 nitrogen and oxygen atoms in total. The van der Waals surface area contributed by atoms with Gasteiger partial charge in [-0.25, -0.2) is 0 Å². The lowest BCUT2D eigenvalue weighted by Crippen LogP contribution is -2.26. The first kappa shape index (κ1) is 14.2. The Kier molecular flexibility index (Phi) is 5.31. The first-order chi connectivity index (χ1) is 8.56. The minimum Gasteiger partial charge on any atom is -0.461 e. The van der Waals surface area contributed by atoms with Gasteiger partial charge in [0.05, 0.1) is 0 Å². The van der Waals surface area contributed by atoms with E-state index in [-0.39, 0.29) is 12.4 Å². The zero-order valence-corrected chi connectivity index (χ0v) is 10.8. The lowest BCUT2D eigenvalue weighted by atomic mass is 9.95. The zero-order chi connectivity index (χ0) is 13.5. The van der Waals surface area contributed by atoms with E-state index in [1.165, 1.54) is 0 Å². The van der Waals surface area contributed by atoms with Crippen LogP contribution in [0.25, 0.3) is 0 Å². The molecular weight excluding hydrogens is 228 g/mol. The van der Waals surface area contributed by atoms with Crippen LogP contribution in [0, 0.1) is 5.92 Å². The van der Waals surface area contributed by atoms with Gasteiger partial charge in [-0.2, -0.15) is 0 Å². The minimum absolute atomic E-state index is 0.164. The van der Waals surface area contributed by atoms with Crippen LogP contribution in [0.1, 0.15) is 30.6 Å². The molecule has 1 unspecified atom stereocenters. The van der Waals surface area contributed by atoms with Crippen LogP contribution in [0.2, 0.25) is 0 Å². The molecule has 0 aromatic heterocycles. The number of ketones is 1. The molecule has 0 aliphatic heterocycles. The van der Waals surface area contributed by atoms with Gasteiger partial charge in [0.2, 0.25) is 0 Å². The molecule has 0 spiro atoms. The Bertz CT molecular complexity index is 434. The Morgan fingerprint density at radius 3 is 2.39 bits per heavy atom. The van der Waals surface area contributed by atoms with Crippen molar-refractivity contribution in [1.29, 1.82) is 0 Å². The summed E-state index contributed by atoms with van der Waals surface area (Å²) in [5, 5.41) is 0. The highest BCUT2D eigenvalue weighted by Gasteiger charge is 2.27. The molecule has 0 radical (unpaired) electrons. The summed E-state index contributed by atoms with van der Waals surface area (Å²) in [7, 11) is 0. The van der Waals surface area contributed by atoms with Crippen LogP contribution in [0.15, 0.2) is 42.5 Å². The molecule has 1 aromatic rings. The summed E-state index contributed by atoms with van der Waals surface area (Å²) < 4.78 is 5.04. The van der Waals surface area contributed by atoms with Crippen LogP contribution in [-0.4, -0.2) is 18.4 Å². The molecule has 1 aromatic carbocycles. The summed E-state index contributed by atoms with van der Waals surface area (Å²) >= 11 is 0.